The van der Waals surface area contributed by atoms with Crippen LogP contribution in [0.4, 0.5) is 0 Å². The standard InChI is InChI=1S/C16H24O4/c1-3-5-9-14(17)10-6-7-11-15(18)12-8-13-16(19)20-4-2/h6-7,10-11,14-15,17-18H,4,8-9,12-13H2,1-2H3/b10-6+,11-7+/t14-,15-/m1/s1. The molecule has 0 amide bonds. The van der Waals surface area contributed by atoms with E-state index in [9.17, 15) is 15.0 Å². The summed E-state index contributed by atoms with van der Waals surface area (Å²) in [5.41, 5.74) is 0. The van der Waals surface area contributed by atoms with Crippen molar-refractivity contribution >= 4 is 5.97 Å². The van der Waals surface area contributed by atoms with Gasteiger partial charge in [0.1, 0.15) is 0 Å². The lowest BCUT2D eigenvalue weighted by molar-refractivity contribution is -0.143. The van der Waals surface area contributed by atoms with Crippen molar-refractivity contribution in [2.45, 2.75) is 51.7 Å². The Hall–Kier alpha value is -1.57. The molecule has 0 aromatic heterocycles. The molecule has 0 aliphatic rings. The molecule has 4 nitrogen and oxygen atoms in total. The molecule has 2 atom stereocenters. The molecule has 0 fully saturated rings. The van der Waals surface area contributed by atoms with E-state index in [2.05, 4.69) is 11.8 Å². The van der Waals surface area contributed by atoms with E-state index in [1.165, 1.54) is 0 Å². The second-order valence-corrected chi connectivity index (χ2v) is 4.23. The van der Waals surface area contributed by atoms with Gasteiger partial charge in [-0.3, -0.25) is 4.79 Å². The first-order valence-electron chi connectivity index (χ1n) is 6.86. The Balaban J connectivity index is 3.81. The molecule has 0 saturated carbocycles. The van der Waals surface area contributed by atoms with E-state index in [1.807, 2.05) is 0 Å². The maximum Gasteiger partial charge on any atom is 0.305 e. The molecule has 0 spiro atoms. The van der Waals surface area contributed by atoms with Gasteiger partial charge in [0.05, 0.1) is 18.8 Å². The Morgan fingerprint density at radius 3 is 2.50 bits per heavy atom. The molecular weight excluding hydrogens is 256 g/mol. The van der Waals surface area contributed by atoms with Crippen LogP contribution in [-0.2, 0) is 9.53 Å². The van der Waals surface area contributed by atoms with Gasteiger partial charge >= 0.3 is 5.97 Å². The summed E-state index contributed by atoms with van der Waals surface area (Å²) >= 11 is 0. The maximum absolute atomic E-state index is 11.1. The summed E-state index contributed by atoms with van der Waals surface area (Å²) in [6.07, 6.45) is 7.23. The summed E-state index contributed by atoms with van der Waals surface area (Å²) in [6, 6.07) is 0. The van der Waals surface area contributed by atoms with Crippen LogP contribution >= 0.6 is 0 Å². The topological polar surface area (TPSA) is 66.8 Å². The lowest BCUT2D eigenvalue weighted by Crippen LogP contribution is -2.07. The first-order chi connectivity index (χ1) is 9.60. The zero-order chi connectivity index (χ0) is 15.2. The summed E-state index contributed by atoms with van der Waals surface area (Å²) in [4.78, 5) is 11.1. The molecule has 0 rings (SSSR count). The fourth-order valence-corrected chi connectivity index (χ4v) is 1.44. The number of carbonyl (C=O) groups is 1. The molecule has 112 valence electrons. The Morgan fingerprint density at radius 2 is 1.90 bits per heavy atom. The van der Waals surface area contributed by atoms with Gasteiger partial charge in [-0.2, -0.15) is 0 Å². The second kappa shape index (κ2) is 12.5. The number of aliphatic hydroxyl groups is 2. The van der Waals surface area contributed by atoms with E-state index < -0.39 is 12.2 Å². The number of carbonyl (C=O) groups excluding carboxylic acids is 1. The van der Waals surface area contributed by atoms with Crippen LogP contribution in [0.5, 0.6) is 0 Å². The number of hydrogen-bond donors (Lipinski definition) is 2. The second-order valence-electron chi connectivity index (χ2n) is 4.23. The fourth-order valence-electron chi connectivity index (χ4n) is 1.44. The average Bonchev–Trinajstić information content (AvgIpc) is 2.41. The van der Waals surface area contributed by atoms with E-state index in [1.54, 1.807) is 38.2 Å². The van der Waals surface area contributed by atoms with Crippen molar-refractivity contribution < 1.29 is 19.7 Å². The highest BCUT2D eigenvalue weighted by Crippen LogP contribution is 2.04. The highest BCUT2D eigenvalue weighted by Gasteiger charge is 2.04. The molecule has 0 bridgehead atoms. The third-order valence-electron chi connectivity index (χ3n) is 2.45. The summed E-state index contributed by atoms with van der Waals surface area (Å²) in [7, 11) is 0. The number of hydrogen-bond acceptors (Lipinski definition) is 4. The van der Waals surface area contributed by atoms with Crippen LogP contribution in [0.3, 0.4) is 0 Å². The Bertz CT molecular complexity index is 374. The molecule has 0 radical (unpaired) electrons. The van der Waals surface area contributed by atoms with Crippen molar-refractivity contribution in [3.63, 3.8) is 0 Å². The van der Waals surface area contributed by atoms with Gasteiger partial charge in [0.2, 0.25) is 0 Å². The summed E-state index contributed by atoms with van der Waals surface area (Å²) in [6.45, 7) is 3.88. The van der Waals surface area contributed by atoms with Crippen LogP contribution < -0.4 is 0 Å². The van der Waals surface area contributed by atoms with Gasteiger partial charge in [0.15, 0.2) is 0 Å². The third-order valence-corrected chi connectivity index (χ3v) is 2.45. The number of rotatable bonds is 9. The molecule has 0 aromatic rings. The minimum atomic E-state index is -0.596. The van der Waals surface area contributed by atoms with Crippen LogP contribution in [-0.4, -0.2) is 35.0 Å². The largest absolute Gasteiger partial charge is 0.466 e. The van der Waals surface area contributed by atoms with Crippen molar-refractivity contribution in [3.05, 3.63) is 24.3 Å². The van der Waals surface area contributed by atoms with Crippen molar-refractivity contribution in [2.75, 3.05) is 6.61 Å². The third kappa shape index (κ3) is 11.5. The molecular formula is C16H24O4. The van der Waals surface area contributed by atoms with Crippen molar-refractivity contribution in [2.24, 2.45) is 0 Å². The zero-order valence-corrected chi connectivity index (χ0v) is 12.2. The molecule has 0 aliphatic heterocycles. The first kappa shape index (κ1) is 18.4. The molecule has 0 saturated heterocycles. The van der Waals surface area contributed by atoms with Gasteiger partial charge in [0, 0.05) is 12.8 Å². The van der Waals surface area contributed by atoms with E-state index >= 15 is 0 Å². The van der Waals surface area contributed by atoms with E-state index in [4.69, 9.17) is 4.74 Å². The maximum atomic E-state index is 11.1. The number of aliphatic hydroxyl groups excluding tert-OH is 2. The van der Waals surface area contributed by atoms with Gasteiger partial charge in [-0.15, -0.1) is 11.8 Å². The molecule has 0 aliphatic carbocycles. The van der Waals surface area contributed by atoms with Crippen LogP contribution in [0.15, 0.2) is 24.3 Å². The lowest BCUT2D eigenvalue weighted by atomic mass is 10.1. The Labute approximate surface area is 121 Å². The van der Waals surface area contributed by atoms with Crippen LogP contribution in [0.1, 0.15) is 39.5 Å². The lowest BCUT2D eigenvalue weighted by Gasteiger charge is -2.04. The molecule has 2 N–H and O–H groups in total. The monoisotopic (exact) mass is 280 g/mol. The van der Waals surface area contributed by atoms with Gasteiger partial charge < -0.3 is 14.9 Å². The van der Waals surface area contributed by atoms with E-state index in [0.717, 1.165) is 0 Å². The normalized spacial score (nSPS) is 14.0. The Morgan fingerprint density at radius 1 is 1.25 bits per heavy atom. The minimum absolute atomic E-state index is 0.233. The van der Waals surface area contributed by atoms with E-state index in [-0.39, 0.29) is 5.97 Å². The van der Waals surface area contributed by atoms with Crippen LogP contribution in [0.2, 0.25) is 0 Å². The van der Waals surface area contributed by atoms with Crippen LogP contribution in [0.25, 0.3) is 0 Å². The highest BCUT2D eigenvalue weighted by molar-refractivity contribution is 5.69. The Kier molecular flexibility index (Phi) is 11.5. The van der Waals surface area contributed by atoms with Crippen molar-refractivity contribution in [1.29, 1.82) is 0 Å². The molecule has 0 unspecified atom stereocenters. The van der Waals surface area contributed by atoms with Gasteiger partial charge in [-0.1, -0.05) is 24.3 Å². The van der Waals surface area contributed by atoms with Gasteiger partial charge in [-0.05, 0) is 26.7 Å². The van der Waals surface area contributed by atoms with Gasteiger partial charge in [-0.25, -0.2) is 0 Å². The fraction of sp³-hybridized carbons (Fsp3) is 0.562. The zero-order valence-electron chi connectivity index (χ0n) is 12.2. The van der Waals surface area contributed by atoms with Crippen LogP contribution in [0, 0.1) is 11.8 Å². The molecule has 4 heteroatoms. The highest BCUT2D eigenvalue weighted by atomic mass is 16.5. The molecule has 20 heavy (non-hydrogen) atoms. The number of ether oxygens (including phenoxy) is 1. The number of allylic oxidation sites excluding steroid dienone is 2. The first-order valence-corrected chi connectivity index (χ1v) is 6.86. The van der Waals surface area contributed by atoms with Gasteiger partial charge in [0.25, 0.3) is 0 Å². The summed E-state index contributed by atoms with van der Waals surface area (Å²) < 4.78 is 4.79. The van der Waals surface area contributed by atoms with E-state index in [0.29, 0.717) is 32.3 Å². The van der Waals surface area contributed by atoms with Crippen molar-refractivity contribution in [3.8, 4) is 11.8 Å². The molecule has 0 aromatic carbocycles. The molecule has 0 heterocycles. The van der Waals surface area contributed by atoms with Crippen molar-refractivity contribution in [1.82, 2.24) is 0 Å². The minimum Gasteiger partial charge on any atom is -0.466 e. The average molecular weight is 280 g/mol. The number of esters is 1. The quantitative estimate of drug-likeness (QED) is 0.385. The summed E-state index contributed by atoms with van der Waals surface area (Å²) in [5.74, 6) is 5.25. The smallest absolute Gasteiger partial charge is 0.305 e. The summed E-state index contributed by atoms with van der Waals surface area (Å²) in [5, 5.41) is 19.1. The predicted molar refractivity (Wildman–Crippen MR) is 78.8 cm³/mol. The SMILES string of the molecule is CC#CC[C@@H](O)/C=C/C=C/[C@@H](O)CCCC(=O)OCC. The predicted octanol–water partition coefficient (Wildman–Crippen LogP) is 1.97.